The molecule has 2 heteroatoms. The molecular formula is C13H25IO. The van der Waals surface area contributed by atoms with Crippen LogP contribution in [0.25, 0.3) is 0 Å². The van der Waals surface area contributed by atoms with Crippen molar-refractivity contribution in [2.24, 2.45) is 5.92 Å². The summed E-state index contributed by atoms with van der Waals surface area (Å²) in [7, 11) is 0. The Kier molecular flexibility index (Phi) is 5.90. The SMILES string of the molecule is CC(C)CC(C)OC1(CI)CCCCC1. The molecule has 0 heterocycles. The summed E-state index contributed by atoms with van der Waals surface area (Å²) in [5, 5.41) is 0. The highest BCUT2D eigenvalue weighted by Crippen LogP contribution is 2.35. The molecule has 0 radical (unpaired) electrons. The molecule has 1 atom stereocenters. The number of rotatable bonds is 5. The summed E-state index contributed by atoms with van der Waals surface area (Å²) >= 11 is 2.50. The van der Waals surface area contributed by atoms with Gasteiger partial charge >= 0.3 is 0 Å². The van der Waals surface area contributed by atoms with Crippen molar-refractivity contribution >= 4 is 22.6 Å². The summed E-state index contributed by atoms with van der Waals surface area (Å²) in [5.41, 5.74) is 0.215. The van der Waals surface area contributed by atoms with E-state index in [9.17, 15) is 0 Å². The minimum Gasteiger partial charge on any atom is -0.371 e. The van der Waals surface area contributed by atoms with Gasteiger partial charge in [0, 0.05) is 4.43 Å². The van der Waals surface area contributed by atoms with E-state index in [1.165, 1.54) is 38.5 Å². The first-order chi connectivity index (χ1) is 7.08. The molecule has 1 unspecified atom stereocenters. The fourth-order valence-electron chi connectivity index (χ4n) is 2.62. The second kappa shape index (κ2) is 6.43. The molecule has 0 amide bonds. The smallest absolute Gasteiger partial charge is 0.0775 e. The van der Waals surface area contributed by atoms with Crippen molar-refractivity contribution in [2.45, 2.75) is 71.0 Å². The van der Waals surface area contributed by atoms with Gasteiger partial charge in [-0.2, -0.15) is 0 Å². The molecular weight excluding hydrogens is 299 g/mol. The molecule has 1 aliphatic rings. The van der Waals surface area contributed by atoms with Gasteiger partial charge in [-0.05, 0) is 32.1 Å². The zero-order valence-corrected chi connectivity index (χ0v) is 12.5. The van der Waals surface area contributed by atoms with Crippen LogP contribution in [-0.2, 0) is 4.74 Å². The number of hydrogen-bond acceptors (Lipinski definition) is 1. The third-order valence-electron chi connectivity index (χ3n) is 3.26. The lowest BCUT2D eigenvalue weighted by atomic mass is 9.86. The number of alkyl halides is 1. The molecule has 0 N–H and O–H groups in total. The van der Waals surface area contributed by atoms with Gasteiger partial charge in [0.25, 0.3) is 0 Å². The molecule has 0 bridgehead atoms. The van der Waals surface area contributed by atoms with Gasteiger partial charge in [-0.15, -0.1) is 0 Å². The Morgan fingerprint density at radius 1 is 1.13 bits per heavy atom. The van der Waals surface area contributed by atoms with Crippen molar-refractivity contribution in [3.8, 4) is 0 Å². The summed E-state index contributed by atoms with van der Waals surface area (Å²) in [6, 6.07) is 0. The van der Waals surface area contributed by atoms with Gasteiger partial charge in [-0.25, -0.2) is 0 Å². The van der Waals surface area contributed by atoms with Crippen molar-refractivity contribution in [2.75, 3.05) is 4.43 Å². The highest BCUT2D eigenvalue weighted by atomic mass is 127. The molecule has 90 valence electrons. The van der Waals surface area contributed by atoms with Gasteiger partial charge in [0.15, 0.2) is 0 Å². The highest BCUT2D eigenvalue weighted by Gasteiger charge is 2.33. The summed E-state index contributed by atoms with van der Waals surface area (Å²) in [6.45, 7) is 6.79. The van der Waals surface area contributed by atoms with Crippen LogP contribution in [0.4, 0.5) is 0 Å². The Hall–Kier alpha value is 0.690. The van der Waals surface area contributed by atoms with Crippen LogP contribution in [0.15, 0.2) is 0 Å². The summed E-state index contributed by atoms with van der Waals surface area (Å²) in [6.07, 6.45) is 8.29. The van der Waals surface area contributed by atoms with Gasteiger partial charge in [-0.3, -0.25) is 0 Å². The van der Waals surface area contributed by atoms with Crippen LogP contribution in [0.3, 0.4) is 0 Å². The first-order valence-electron chi connectivity index (χ1n) is 6.32. The van der Waals surface area contributed by atoms with Crippen LogP contribution < -0.4 is 0 Å². The van der Waals surface area contributed by atoms with Gasteiger partial charge in [0.2, 0.25) is 0 Å². The van der Waals surface area contributed by atoms with E-state index in [0.717, 1.165) is 10.3 Å². The van der Waals surface area contributed by atoms with Crippen molar-refractivity contribution in [3.05, 3.63) is 0 Å². The molecule has 15 heavy (non-hydrogen) atoms. The fraction of sp³-hybridized carbons (Fsp3) is 1.00. The monoisotopic (exact) mass is 324 g/mol. The van der Waals surface area contributed by atoms with E-state index in [4.69, 9.17) is 4.74 Å². The highest BCUT2D eigenvalue weighted by molar-refractivity contribution is 14.1. The normalized spacial score (nSPS) is 23.0. The van der Waals surface area contributed by atoms with Crippen molar-refractivity contribution in [1.29, 1.82) is 0 Å². The molecule has 1 fully saturated rings. The predicted octanol–water partition coefficient (Wildman–Crippen LogP) is 4.58. The Balaban J connectivity index is 2.43. The van der Waals surface area contributed by atoms with E-state index < -0.39 is 0 Å². The van der Waals surface area contributed by atoms with Gasteiger partial charge < -0.3 is 4.74 Å². The third kappa shape index (κ3) is 4.59. The van der Waals surface area contributed by atoms with E-state index >= 15 is 0 Å². The lowest BCUT2D eigenvalue weighted by Crippen LogP contribution is -2.40. The molecule has 1 nitrogen and oxygen atoms in total. The van der Waals surface area contributed by atoms with Crippen LogP contribution in [0.2, 0.25) is 0 Å². The fourth-order valence-corrected chi connectivity index (χ4v) is 3.56. The van der Waals surface area contributed by atoms with Crippen LogP contribution in [0, 0.1) is 5.92 Å². The molecule has 0 spiro atoms. The van der Waals surface area contributed by atoms with Crippen LogP contribution in [0.1, 0.15) is 59.3 Å². The molecule has 1 saturated carbocycles. The van der Waals surface area contributed by atoms with E-state index in [0.29, 0.717) is 6.10 Å². The minimum atomic E-state index is 0.215. The largest absolute Gasteiger partial charge is 0.371 e. The minimum absolute atomic E-state index is 0.215. The molecule has 0 aromatic heterocycles. The number of halogens is 1. The van der Waals surface area contributed by atoms with Gasteiger partial charge in [0.05, 0.1) is 11.7 Å². The summed E-state index contributed by atoms with van der Waals surface area (Å²) < 4.78 is 7.49. The Morgan fingerprint density at radius 3 is 2.20 bits per heavy atom. The topological polar surface area (TPSA) is 9.23 Å². The standard InChI is InChI=1S/C13H25IO/c1-11(2)9-12(3)15-13(10-14)7-5-4-6-8-13/h11-12H,4-10H2,1-3H3. The second-order valence-corrected chi connectivity index (χ2v) is 6.20. The average Bonchev–Trinajstić information content (AvgIpc) is 2.17. The average molecular weight is 324 g/mol. The maximum Gasteiger partial charge on any atom is 0.0775 e. The maximum atomic E-state index is 6.33. The van der Waals surface area contributed by atoms with E-state index in [2.05, 4.69) is 43.4 Å². The molecule has 0 aliphatic heterocycles. The van der Waals surface area contributed by atoms with E-state index in [1.807, 2.05) is 0 Å². The van der Waals surface area contributed by atoms with E-state index in [1.54, 1.807) is 0 Å². The zero-order chi connectivity index (χ0) is 11.3. The Morgan fingerprint density at radius 2 is 1.73 bits per heavy atom. The van der Waals surface area contributed by atoms with Crippen LogP contribution in [0.5, 0.6) is 0 Å². The number of hydrogen-bond donors (Lipinski definition) is 0. The molecule has 0 aromatic rings. The third-order valence-corrected chi connectivity index (χ3v) is 4.65. The van der Waals surface area contributed by atoms with Crippen LogP contribution in [-0.4, -0.2) is 16.1 Å². The summed E-state index contributed by atoms with van der Waals surface area (Å²) in [5.74, 6) is 0.745. The molecule has 0 aromatic carbocycles. The second-order valence-electron chi connectivity index (χ2n) is 5.44. The molecule has 1 aliphatic carbocycles. The molecule has 1 rings (SSSR count). The van der Waals surface area contributed by atoms with E-state index in [-0.39, 0.29) is 5.60 Å². The Labute approximate surface area is 108 Å². The van der Waals surface area contributed by atoms with Crippen molar-refractivity contribution < 1.29 is 4.74 Å². The lowest BCUT2D eigenvalue weighted by Gasteiger charge is -2.38. The molecule has 0 saturated heterocycles. The van der Waals surface area contributed by atoms with Crippen LogP contribution >= 0.6 is 22.6 Å². The predicted molar refractivity (Wildman–Crippen MR) is 74.7 cm³/mol. The number of ether oxygens (including phenoxy) is 1. The van der Waals surface area contributed by atoms with Gasteiger partial charge in [0.1, 0.15) is 0 Å². The Bertz CT molecular complexity index is 173. The van der Waals surface area contributed by atoms with Crippen molar-refractivity contribution in [3.63, 3.8) is 0 Å². The summed E-state index contributed by atoms with van der Waals surface area (Å²) in [4.78, 5) is 0. The maximum absolute atomic E-state index is 6.33. The zero-order valence-electron chi connectivity index (χ0n) is 10.4. The first-order valence-corrected chi connectivity index (χ1v) is 7.84. The van der Waals surface area contributed by atoms with Crippen molar-refractivity contribution in [1.82, 2.24) is 0 Å². The van der Waals surface area contributed by atoms with Gasteiger partial charge in [-0.1, -0.05) is 55.7 Å². The first kappa shape index (κ1) is 13.8. The quantitative estimate of drug-likeness (QED) is 0.531. The lowest BCUT2D eigenvalue weighted by molar-refractivity contribution is -0.0955.